The van der Waals surface area contributed by atoms with Crippen molar-refractivity contribution in [2.75, 3.05) is 7.05 Å². The summed E-state index contributed by atoms with van der Waals surface area (Å²) in [4.78, 5) is 15.7. The number of carbonyl (C=O) groups excluding carboxylic acids is 1. The van der Waals surface area contributed by atoms with Crippen molar-refractivity contribution < 1.29 is 4.79 Å². The van der Waals surface area contributed by atoms with Crippen LogP contribution in [0.4, 0.5) is 0 Å². The molecule has 0 aliphatic heterocycles. The Morgan fingerprint density at radius 2 is 1.89 bits per heavy atom. The van der Waals surface area contributed by atoms with Crippen LogP contribution in [0.2, 0.25) is 0 Å². The van der Waals surface area contributed by atoms with Crippen molar-refractivity contribution >= 4 is 5.91 Å². The van der Waals surface area contributed by atoms with Gasteiger partial charge in [-0.2, -0.15) is 0 Å². The Hall–Kier alpha value is -2.16. The maximum atomic E-state index is 11.6. The van der Waals surface area contributed by atoms with E-state index < -0.39 is 0 Å². The molecule has 0 saturated heterocycles. The summed E-state index contributed by atoms with van der Waals surface area (Å²) >= 11 is 0. The van der Waals surface area contributed by atoms with Gasteiger partial charge in [0.15, 0.2) is 0 Å². The Labute approximate surface area is 107 Å². The molecule has 3 nitrogen and oxygen atoms in total. The van der Waals surface area contributed by atoms with Crippen LogP contribution in [0.5, 0.6) is 0 Å². The van der Waals surface area contributed by atoms with Crippen LogP contribution >= 0.6 is 0 Å². The Morgan fingerprint density at radius 3 is 2.50 bits per heavy atom. The summed E-state index contributed by atoms with van der Waals surface area (Å²) in [5.74, 6) is -0.0624. The van der Waals surface area contributed by atoms with E-state index >= 15 is 0 Å². The van der Waals surface area contributed by atoms with Gasteiger partial charge in [-0.05, 0) is 48.7 Å². The summed E-state index contributed by atoms with van der Waals surface area (Å²) in [6.45, 7) is 4.07. The molecule has 1 heterocycles. The topological polar surface area (TPSA) is 42.0 Å². The van der Waals surface area contributed by atoms with Crippen LogP contribution in [0, 0.1) is 13.8 Å². The van der Waals surface area contributed by atoms with Crippen LogP contribution in [0.1, 0.15) is 21.5 Å². The third-order valence-electron chi connectivity index (χ3n) is 3.04. The number of carbonyl (C=O) groups is 1. The number of aromatic nitrogens is 1. The summed E-state index contributed by atoms with van der Waals surface area (Å²) in [6.07, 6.45) is 3.64. The minimum atomic E-state index is -0.0624. The fourth-order valence-corrected chi connectivity index (χ4v) is 2.00. The van der Waals surface area contributed by atoms with E-state index in [1.54, 1.807) is 13.2 Å². The van der Waals surface area contributed by atoms with E-state index in [2.05, 4.69) is 17.2 Å². The highest BCUT2D eigenvalue weighted by atomic mass is 16.1. The van der Waals surface area contributed by atoms with Crippen molar-refractivity contribution in [1.82, 2.24) is 10.3 Å². The number of nitrogens with zero attached hydrogens (tertiary/aromatic N) is 1. The number of benzene rings is 1. The van der Waals surface area contributed by atoms with Gasteiger partial charge in [-0.1, -0.05) is 6.07 Å². The van der Waals surface area contributed by atoms with Gasteiger partial charge < -0.3 is 5.32 Å². The molecular formula is C15H16N2O. The molecule has 0 unspecified atom stereocenters. The number of rotatable bonds is 2. The first-order chi connectivity index (χ1) is 8.63. The number of aryl methyl sites for hydroxylation is 2. The van der Waals surface area contributed by atoms with E-state index in [0.717, 1.165) is 16.7 Å². The molecule has 2 rings (SSSR count). The van der Waals surface area contributed by atoms with E-state index in [1.807, 2.05) is 37.4 Å². The molecular weight excluding hydrogens is 224 g/mol. The van der Waals surface area contributed by atoms with E-state index in [4.69, 9.17) is 0 Å². The lowest BCUT2D eigenvalue weighted by molar-refractivity contribution is 0.0963. The van der Waals surface area contributed by atoms with E-state index in [1.165, 1.54) is 5.56 Å². The second-order valence-corrected chi connectivity index (χ2v) is 4.30. The van der Waals surface area contributed by atoms with Gasteiger partial charge in [0.2, 0.25) is 0 Å². The van der Waals surface area contributed by atoms with Crippen molar-refractivity contribution in [3.8, 4) is 11.1 Å². The van der Waals surface area contributed by atoms with Gasteiger partial charge in [0.25, 0.3) is 5.91 Å². The zero-order valence-corrected chi connectivity index (χ0v) is 10.8. The molecule has 92 valence electrons. The molecule has 0 bridgehead atoms. The molecule has 0 spiro atoms. The fraction of sp³-hybridized carbons (Fsp3) is 0.200. The molecule has 2 aromatic rings. The van der Waals surface area contributed by atoms with Crippen LogP contribution in [-0.4, -0.2) is 17.9 Å². The average Bonchev–Trinajstić information content (AvgIpc) is 2.39. The summed E-state index contributed by atoms with van der Waals surface area (Å²) < 4.78 is 0. The Bertz CT molecular complexity index is 591. The van der Waals surface area contributed by atoms with Crippen molar-refractivity contribution in [2.45, 2.75) is 13.8 Å². The number of hydrogen-bond acceptors (Lipinski definition) is 2. The van der Waals surface area contributed by atoms with Gasteiger partial charge in [-0.25, -0.2) is 0 Å². The van der Waals surface area contributed by atoms with Crippen molar-refractivity contribution in [3.63, 3.8) is 0 Å². The second-order valence-electron chi connectivity index (χ2n) is 4.30. The molecule has 3 heteroatoms. The average molecular weight is 240 g/mol. The molecule has 0 fully saturated rings. The predicted molar refractivity (Wildman–Crippen MR) is 72.5 cm³/mol. The van der Waals surface area contributed by atoms with Crippen LogP contribution in [-0.2, 0) is 0 Å². The third kappa shape index (κ3) is 2.25. The lowest BCUT2D eigenvalue weighted by Gasteiger charge is -2.10. The Kier molecular flexibility index (Phi) is 3.42. The van der Waals surface area contributed by atoms with Gasteiger partial charge in [-0.3, -0.25) is 9.78 Å². The van der Waals surface area contributed by atoms with E-state index in [9.17, 15) is 4.79 Å². The SMILES string of the molecule is CNC(=O)c1ccc(-c2cnccc2C)c(C)c1. The number of pyridine rings is 1. The zero-order chi connectivity index (χ0) is 13.1. The summed E-state index contributed by atoms with van der Waals surface area (Å²) in [7, 11) is 1.64. The largest absolute Gasteiger partial charge is 0.355 e. The second kappa shape index (κ2) is 5.00. The molecule has 1 aromatic carbocycles. The number of amides is 1. The van der Waals surface area contributed by atoms with Crippen LogP contribution in [0.25, 0.3) is 11.1 Å². The first-order valence-corrected chi connectivity index (χ1v) is 5.87. The molecule has 18 heavy (non-hydrogen) atoms. The fourth-order valence-electron chi connectivity index (χ4n) is 2.00. The molecule has 0 saturated carbocycles. The Balaban J connectivity index is 2.49. The minimum absolute atomic E-state index is 0.0624. The molecule has 1 aromatic heterocycles. The number of nitrogens with one attached hydrogen (secondary N) is 1. The lowest BCUT2D eigenvalue weighted by atomic mass is 9.96. The Morgan fingerprint density at radius 1 is 1.11 bits per heavy atom. The first kappa shape index (κ1) is 12.3. The van der Waals surface area contributed by atoms with Crippen LogP contribution < -0.4 is 5.32 Å². The summed E-state index contributed by atoms with van der Waals surface area (Å²) in [6, 6.07) is 7.71. The predicted octanol–water partition coefficient (Wildman–Crippen LogP) is 2.73. The van der Waals surface area contributed by atoms with E-state index in [-0.39, 0.29) is 5.91 Å². The quantitative estimate of drug-likeness (QED) is 0.877. The van der Waals surface area contributed by atoms with Gasteiger partial charge in [0, 0.05) is 30.6 Å². The number of hydrogen-bond donors (Lipinski definition) is 1. The lowest BCUT2D eigenvalue weighted by Crippen LogP contribution is -2.17. The van der Waals surface area contributed by atoms with Crippen LogP contribution in [0.3, 0.4) is 0 Å². The normalized spacial score (nSPS) is 10.2. The third-order valence-corrected chi connectivity index (χ3v) is 3.04. The molecule has 1 N–H and O–H groups in total. The van der Waals surface area contributed by atoms with Gasteiger partial charge in [0.05, 0.1) is 0 Å². The van der Waals surface area contributed by atoms with Crippen LogP contribution in [0.15, 0.2) is 36.7 Å². The maximum Gasteiger partial charge on any atom is 0.251 e. The highest BCUT2D eigenvalue weighted by molar-refractivity contribution is 5.95. The van der Waals surface area contributed by atoms with Gasteiger partial charge >= 0.3 is 0 Å². The zero-order valence-electron chi connectivity index (χ0n) is 10.8. The maximum absolute atomic E-state index is 11.6. The molecule has 1 amide bonds. The van der Waals surface area contributed by atoms with Crippen molar-refractivity contribution in [3.05, 3.63) is 53.3 Å². The van der Waals surface area contributed by atoms with E-state index in [0.29, 0.717) is 5.56 Å². The smallest absolute Gasteiger partial charge is 0.251 e. The molecule has 0 aliphatic carbocycles. The highest BCUT2D eigenvalue weighted by Gasteiger charge is 2.08. The molecule has 0 radical (unpaired) electrons. The monoisotopic (exact) mass is 240 g/mol. The van der Waals surface area contributed by atoms with Crippen molar-refractivity contribution in [1.29, 1.82) is 0 Å². The standard InChI is InChI=1S/C15H16N2O/c1-10-6-7-17-9-14(10)13-5-4-12(8-11(13)2)15(18)16-3/h4-9H,1-3H3,(H,16,18). The van der Waals surface area contributed by atoms with Gasteiger partial charge in [0.1, 0.15) is 0 Å². The summed E-state index contributed by atoms with van der Waals surface area (Å²) in [5, 5.41) is 2.63. The minimum Gasteiger partial charge on any atom is -0.355 e. The molecule has 0 atom stereocenters. The highest BCUT2D eigenvalue weighted by Crippen LogP contribution is 2.26. The van der Waals surface area contributed by atoms with Gasteiger partial charge in [-0.15, -0.1) is 0 Å². The van der Waals surface area contributed by atoms with Crippen molar-refractivity contribution in [2.24, 2.45) is 0 Å². The first-order valence-electron chi connectivity index (χ1n) is 5.87. The molecule has 0 aliphatic rings. The summed E-state index contributed by atoms with van der Waals surface area (Å²) in [5.41, 5.74) is 5.17.